The molecule has 2 atom stereocenters. The van der Waals surface area contributed by atoms with E-state index < -0.39 is 17.5 Å². The van der Waals surface area contributed by atoms with Gasteiger partial charge < -0.3 is 14.0 Å². The fraction of sp³-hybridized carbons (Fsp3) is 0.333. The monoisotopic (exact) mass is 313 g/mol. The molecule has 5 heteroatoms. The van der Waals surface area contributed by atoms with E-state index in [0.29, 0.717) is 13.0 Å². The van der Waals surface area contributed by atoms with E-state index in [1.165, 1.54) is 0 Å². The normalized spacial score (nSPS) is 22.4. The molecule has 2 aromatic rings. The molecule has 0 aliphatic heterocycles. The van der Waals surface area contributed by atoms with Crippen molar-refractivity contribution in [3.05, 3.63) is 60.4 Å². The summed E-state index contributed by atoms with van der Waals surface area (Å²) in [7, 11) is 0. The van der Waals surface area contributed by atoms with Gasteiger partial charge in [0.2, 0.25) is 0 Å². The van der Waals surface area contributed by atoms with Crippen molar-refractivity contribution >= 4 is 12.1 Å². The number of aromatic nitrogens is 1. The first kappa shape index (κ1) is 15.3. The molecular formula is C18H19NO4. The lowest BCUT2D eigenvalue weighted by Crippen LogP contribution is -2.29. The van der Waals surface area contributed by atoms with Crippen molar-refractivity contribution < 1.29 is 19.1 Å². The maximum absolute atomic E-state index is 12.6. The highest BCUT2D eigenvalue weighted by Gasteiger charge is 2.62. The Morgan fingerprint density at radius 3 is 2.52 bits per heavy atom. The zero-order valence-corrected chi connectivity index (χ0v) is 13.0. The summed E-state index contributed by atoms with van der Waals surface area (Å²) in [5, 5.41) is 0. The van der Waals surface area contributed by atoms with Gasteiger partial charge >= 0.3 is 12.1 Å². The molecule has 120 valence electrons. The maximum Gasteiger partial charge on any atom is 0.516 e. The number of benzene rings is 1. The van der Waals surface area contributed by atoms with Crippen molar-refractivity contribution in [3.8, 4) is 0 Å². The summed E-state index contributed by atoms with van der Waals surface area (Å²) in [6.45, 7) is 2.56. The number of carbonyl (C=O) groups is 2. The zero-order valence-electron chi connectivity index (χ0n) is 13.0. The van der Waals surface area contributed by atoms with Crippen LogP contribution >= 0.6 is 0 Å². The first-order chi connectivity index (χ1) is 11.2. The topological polar surface area (TPSA) is 57.5 Å². The van der Waals surface area contributed by atoms with Crippen LogP contribution in [0.2, 0.25) is 0 Å². The summed E-state index contributed by atoms with van der Waals surface area (Å²) in [6, 6.07) is 13.4. The van der Waals surface area contributed by atoms with Gasteiger partial charge in [0, 0.05) is 18.9 Å². The van der Waals surface area contributed by atoms with E-state index in [0.717, 1.165) is 5.56 Å². The molecule has 0 radical (unpaired) electrons. The van der Waals surface area contributed by atoms with Crippen LogP contribution in [0.3, 0.4) is 0 Å². The number of nitrogens with zero attached hydrogens (tertiary/aromatic N) is 1. The molecule has 5 nitrogen and oxygen atoms in total. The fourth-order valence-electron chi connectivity index (χ4n) is 3.07. The highest BCUT2D eigenvalue weighted by molar-refractivity contribution is 5.93. The van der Waals surface area contributed by atoms with E-state index in [9.17, 15) is 9.59 Å². The Kier molecular flexibility index (Phi) is 4.19. The predicted molar refractivity (Wildman–Crippen MR) is 83.8 cm³/mol. The number of esters is 1. The molecule has 1 saturated carbocycles. The lowest BCUT2D eigenvalue weighted by atomic mass is 9.93. The summed E-state index contributed by atoms with van der Waals surface area (Å²) >= 11 is 0. The standard InChI is InChI=1S/C18H19NO4/c1-2-22-17(21)23-16(20)18(14-8-4-3-5-9-14)12-15(18)13-19-10-6-7-11-19/h3-11,15H,2,12-13H2,1H3/t15-,18+/m0/s1. The largest absolute Gasteiger partial charge is 0.516 e. The Morgan fingerprint density at radius 1 is 1.17 bits per heavy atom. The summed E-state index contributed by atoms with van der Waals surface area (Å²) in [4.78, 5) is 24.1. The maximum atomic E-state index is 12.6. The summed E-state index contributed by atoms with van der Waals surface area (Å²) in [6.07, 6.45) is 3.66. The quantitative estimate of drug-likeness (QED) is 0.628. The molecule has 0 unspecified atom stereocenters. The molecule has 1 heterocycles. The third-order valence-corrected chi connectivity index (χ3v) is 4.29. The molecule has 0 N–H and O–H groups in total. The fourth-order valence-corrected chi connectivity index (χ4v) is 3.07. The minimum absolute atomic E-state index is 0.0965. The van der Waals surface area contributed by atoms with Gasteiger partial charge in [-0.2, -0.15) is 0 Å². The number of hydrogen-bond donors (Lipinski definition) is 0. The van der Waals surface area contributed by atoms with Crippen LogP contribution in [-0.2, 0) is 26.2 Å². The number of ether oxygens (including phenoxy) is 2. The Labute approximate surface area is 134 Å². The highest BCUT2D eigenvalue weighted by atomic mass is 16.7. The molecule has 3 rings (SSSR count). The van der Waals surface area contributed by atoms with Crippen LogP contribution in [-0.4, -0.2) is 23.3 Å². The molecule has 1 aliphatic rings. The van der Waals surface area contributed by atoms with Crippen molar-refractivity contribution in [2.75, 3.05) is 6.61 Å². The van der Waals surface area contributed by atoms with E-state index in [4.69, 9.17) is 9.47 Å². The van der Waals surface area contributed by atoms with Crippen LogP contribution in [0, 0.1) is 5.92 Å². The van der Waals surface area contributed by atoms with Gasteiger partial charge in [-0.05, 0) is 37.0 Å². The number of hydrogen-bond acceptors (Lipinski definition) is 4. The third kappa shape index (κ3) is 2.99. The van der Waals surface area contributed by atoms with E-state index in [-0.39, 0.29) is 12.5 Å². The van der Waals surface area contributed by atoms with Gasteiger partial charge in [-0.3, -0.25) is 4.79 Å². The van der Waals surface area contributed by atoms with E-state index in [2.05, 4.69) is 0 Å². The second-order valence-corrected chi connectivity index (χ2v) is 5.69. The molecule has 1 aliphatic carbocycles. The third-order valence-electron chi connectivity index (χ3n) is 4.29. The van der Waals surface area contributed by atoms with E-state index in [1.54, 1.807) is 6.92 Å². The van der Waals surface area contributed by atoms with Crippen LogP contribution < -0.4 is 0 Å². The summed E-state index contributed by atoms with van der Waals surface area (Å²) in [5.74, 6) is -0.432. The molecular weight excluding hydrogens is 294 g/mol. The van der Waals surface area contributed by atoms with Crippen molar-refractivity contribution in [1.29, 1.82) is 0 Å². The van der Waals surface area contributed by atoms with Crippen LogP contribution in [0.5, 0.6) is 0 Å². The first-order valence-electron chi connectivity index (χ1n) is 7.72. The minimum atomic E-state index is -0.931. The Hall–Kier alpha value is -2.56. The zero-order chi connectivity index (χ0) is 16.3. The molecule has 0 saturated heterocycles. The average Bonchev–Trinajstić information content (AvgIpc) is 3.03. The Morgan fingerprint density at radius 2 is 1.87 bits per heavy atom. The molecule has 0 bridgehead atoms. The molecule has 23 heavy (non-hydrogen) atoms. The Balaban J connectivity index is 1.81. The van der Waals surface area contributed by atoms with Crippen molar-refractivity contribution in [2.24, 2.45) is 5.92 Å². The average molecular weight is 313 g/mol. The lowest BCUT2D eigenvalue weighted by Gasteiger charge is -2.16. The molecule has 0 amide bonds. The highest BCUT2D eigenvalue weighted by Crippen LogP contribution is 2.56. The van der Waals surface area contributed by atoms with Crippen LogP contribution in [0.25, 0.3) is 0 Å². The number of carbonyl (C=O) groups excluding carboxylic acids is 2. The predicted octanol–water partition coefficient (Wildman–Crippen LogP) is 3.15. The van der Waals surface area contributed by atoms with Gasteiger partial charge in [0.1, 0.15) is 0 Å². The summed E-state index contributed by atoms with van der Waals surface area (Å²) in [5.41, 5.74) is 0.115. The lowest BCUT2D eigenvalue weighted by molar-refractivity contribution is -0.143. The van der Waals surface area contributed by atoms with Gasteiger partial charge in [-0.1, -0.05) is 30.3 Å². The second-order valence-electron chi connectivity index (χ2n) is 5.69. The van der Waals surface area contributed by atoms with Gasteiger partial charge in [0.05, 0.1) is 12.0 Å². The van der Waals surface area contributed by atoms with Gasteiger partial charge in [-0.25, -0.2) is 4.79 Å². The van der Waals surface area contributed by atoms with Crippen molar-refractivity contribution in [3.63, 3.8) is 0 Å². The summed E-state index contributed by atoms with van der Waals surface area (Å²) < 4.78 is 11.7. The van der Waals surface area contributed by atoms with Crippen molar-refractivity contribution in [2.45, 2.75) is 25.3 Å². The SMILES string of the molecule is CCOC(=O)OC(=O)[C@@]1(c2ccccc2)C[C@H]1Cn1cccc1. The van der Waals surface area contributed by atoms with Crippen LogP contribution in [0.4, 0.5) is 4.79 Å². The van der Waals surface area contributed by atoms with Gasteiger partial charge in [-0.15, -0.1) is 0 Å². The molecule has 0 spiro atoms. The second kappa shape index (κ2) is 6.28. The van der Waals surface area contributed by atoms with Crippen molar-refractivity contribution in [1.82, 2.24) is 4.57 Å². The molecule has 1 aromatic carbocycles. The van der Waals surface area contributed by atoms with Gasteiger partial charge in [0.25, 0.3) is 0 Å². The van der Waals surface area contributed by atoms with E-state index in [1.807, 2.05) is 59.4 Å². The van der Waals surface area contributed by atoms with Gasteiger partial charge in [0.15, 0.2) is 0 Å². The van der Waals surface area contributed by atoms with Crippen LogP contribution in [0.1, 0.15) is 18.9 Å². The van der Waals surface area contributed by atoms with Crippen LogP contribution in [0.15, 0.2) is 54.9 Å². The van der Waals surface area contributed by atoms with E-state index >= 15 is 0 Å². The molecule has 1 aromatic heterocycles. The smallest absolute Gasteiger partial charge is 0.434 e. The minimum Gasteiger partial charge on any atom is -0.434 e. The number of rotatable bonds is 5. The first-order valence-corrected chi connectivity index (χ1v) is 7.72. The molecule has 1 fully saturated rings. The Bertz CT molecular complexity index is 680.